The van der Waals surface area contributed by atoms with Crippen LogP contribution >= 0.6 is 15.9 Å². The zero-order valence-corrected chi connectivity index (χ0v) is 9.88. The van der Waals surface area contributed by atoms with Gasteiger partial charge in [-0.15, -0.1) is 0 Å². The summed E-state index contributed by atoms with van der Waals surface area (Å²) in [4.78, 5) is 10.6. The first kappa shape index (κ1) is 10.7. The van der Waals surface area contributed by atoms with Gasteiger partial charge in [0, 0.05) is 5.92 Å². The average molecular weight is 273 g/mol. The van der Waals surface area contributed by atoms with Gasteiger partial charge in [0.1, 0.15) is 0 Å². The summed E-state index contributed by atoms with van der Waals surface area (Å²) in [5.74, 6) is -0.338. The van der Waals surface area contributed by atoms with Crippen molar-refractivity contribution in [3.05, 3.63) is 15.9 Å². The zero-order valence-electron chi connectivity index (χ0n) is 8.29. The molecule has 0 amide bonds. The minimum atomic E-state index is -0.836. The molecule has 0 atom stereocenters. The molecule has 2 N–H and O–H groups in total. The second-order valence-electron chi connectivity index (χ2n) is 3.95. The number of aromatic nitrogens is 2. The average Bonchev–Trinajstić information content (AvgIpc) is 2.76. The Labute approximate surface area is 96.2 Å². The fraction of sp³-hybridized carbons (Fsp3) is 0.600. The van der Waals surface area contributed by atoms with E-state index in [-0.39, 0.29) is 6.42 Å². The van der Waals surface area contributed by atoms with E-state index in [9.17, 15) is 4.79 Å². The molecule has 1 aromatic heterocycles. The molecule has 0 radical (unpaired) electrons. The molecular formula is C10H13BrN2O2. The van der Waals surface area contributed by atoms with Gasteiger partial charge in [-0.05, 0) is 28.8 Å². The minimum Gasteiger partial charge on any atom is -0.481 e. The van der Waals surface area contributed by atoms with Crippen molar-refractivity contribution in [2.75, 3.05) is 0 Å². The number of carboxylic acid groups (broad SMARTS) is 1. The molecule has 0 unspecified atom stereocenters. The molecule has 5 heteroatoms. The van der Waals surface area contributed by atoms with Crippen LogP contribution in [0.15, 0.2) is 4.47 Å². The Balaban J connectivity index is 2.18. The Morgan fingerprint density at radius 3 is 2.80 bits per heavy atom. The van der Waals surface area contributed by atoms with Crippen LogP contribution in [0.4, 0.5) is 0 Å². The molecular weight excluding hydrogens is 260 g/mol. The molecule has 15 heavy (non-hydrogen) atoms. The van der Waals surface area contributed by atoms with Crippen molar-refractivity contribution in [3.8, 4) is 0 Å². The van der Waals surface area contributed by atoms with Crippen molar-refractivity contribution in [2.24, 2.45) is 0 Å². The van der Waals surface area contributed by atoms with E-state index in [2.05, 4.69) is 26.1 Å². The van der Waals surface area contributed by atoms with E-state index >= 15 is 0 Å². The summed E-state index contributed by atoms with van der Waals surface area (Å²) < 4.78 is 0.858. The van der Waals surface area contributed by atoms with Crippen molar-refractivity contribution in [2.45, 2.75) is 38.0 Å². The van der Waals surface area contributed by atoms with E-state index in [1.165, 1.54) is 12.8 Å². The van der Waals surface area contributed by atoms with Gasteiger partial charge < -0.3 is 5.11 Å². The van der Waals surface area contributed by atoms with E-state index in [1.807, 2.05) is 0 Å². The topological polar surface area (TPSA) is 66.0 Å². The third-order valence-electron chi connectivity index (χ3n) is 2.87. The number of hydrogen-bond acceptors (Lipinski definition) is 2. The quantitative estimate of drug-likeness (QED) is 0.889. The van der Waals surface area contributed by atoms with Gasteiger partial charge in [0.15, 0.2) is 0 Å². The molecule has 0 spiro atoms. The lowest BCUT2D eigenvalue weighted by atomic mass is 10.0. The Morgan fingerprint density at radius 1 is 1.53 bits per heavy atom. The Morgan fingerprint density at radius 2 is 2.20 bits per heavy atom. The predicted molar refractivity (Wildman–Crippen MR) is 58.8 cm³/mol. The summed E-state index contributed by atoms with van der Waals surface area (Å²) in [5.41, 5.74) is 1.67. The summed E-state index contributed by atoms with van der Waals surface area (Å²) in [6.45, 7) is 0. The Bertz CT molecular complexity index is 369. The summed E-state index contributed by atoms with van der Waals surface area (Å²) in [7, 11) is 0. The molecule has 1 saturated carbocycles. The molecule has 1 aromatic rings. The van der Waals surface area contributed by atoms with Crippen LogP contribution < -0.4 is 0 Å². The first-order valence-electron chi connectivity index (χ1n) is 5.13. The summed E-state index contributed by atoms with van der Waals surface area (Å²) in [6, 6.07) is 0. The SMILES string of the molecule is O=C(O)Cc1[nH]nc(C2CCCC2)c1Br. The van der Waals surface area contributed by atoms with Crippen molar-refractivity contribution >= 4 is 21.9 Å². The molecule has 0 bridgehead atoms. The highest BCUT2D eigenvalue weighted by Crippen LogP contribution is 2.37. The number of H-pyrrole nitrogens is 1. The standard InChI is InChI=1S/C10H13BrN2O2/c11-9-7(5-8(14)15)12-13-10(9)6-3-1-2-4-6/h6H,1-5H2,(H,12,13)(H,14,15). The maximum Gasteiger partial charge on any atom is 0.309 e. The Hall–Kier alpha value is -0.840. The number of carbonyl (C=O) groups is 1. The van der Waals surface area contributed by atoms with Crippen molar-refractivity contribution < 1.29 is 9.90 Å². The summed E-state index contributed by atoms with van der Waals surface area (Å²) >= 11 is 3.43. The van der Waals surface area contributed by atoms with E-state index in [0.29, 0.717) is 11.6 Å². The van der Waals surface area contributed by atoms with Gasteiger partial charge in [0.25, 0.3) is 0 Å². The van der Waals surface area contributed by atoms with Gasteiger partial charge in [-0.3, -0.25) is 9.89 Å². The van der Waals surface area contributed by atoms with Crippen LogP contribution in [0, 0.1) is 0 Å². The molecule has 82 valence electrons. The number of carboxylic acids is 1. The van der Waals surface area contributed by atoms with Crippen LogP contribution in [-0.2, 0) is 11.2 Å². The van der Waals surface area contributed by atoms with Crippen LogP contribution in [0.2, 0.25) is 0 Å². The summed E-state index contributed by atoms with van der Waals surface area (Å²) in [6.07, 6.45) is 4.82. The first-order chi connectivity index (χ1) is 7.18. The van der Waals surface area contributed by atoms with Crippen molar-refractivity contribution in [1.82, 2.24) is 10.2 Å². The molecule has 1 fully saturated rings. The van der Waals surface area contributed by atoms with Gasteiger partial charge in [0.2, 0.25) is 0 Å². The van der Waals surface area contributed by atoms with Crippen molar-refractivity contribution in [1.29, 1.82) is 0 Å². The van der Waals surface area contributed by atoms with E-state index < -0.39 is 5.97 Å². The van der Waals surface area contributed by atoms with Gasteiger partial charge in [-0.2, -0.15) is 5.10 Å². The van der Waals surface area contributed by atoms with Crippen LogP contribution in [0.25, 0.3) is 0 Å². The van der Waals surface area contributed by atoms with Gasteiger partial charge >= 0.3 is 5.97 Å². The lowest BCUT2D eigenvalue weighted by Crippen LogP contribution is -2.01. The number of aliphatic carboxylic acids is 1. The highest BCUT2D eigenvalue weighted by molar-refractivity contribution is 9.10. The number of aromatic amines is 1. The molecule has 1 aliphatic carbocycles. The number of nitrogens with zero attached hydrogens (tertiary/aromatic N) is 1. The molecule has 1 heterocycles. The zero-order chi connectivity index (χ0) is 10.8. The predicted octanol–water partition coefficient (Wildman–Crippen LogP) is 2.46. The lowest BCUT2D eigenvalue weighted by Gasteiger charge is -2.04. The van der Waals surface area contributed by atoms with Gasteiger partial charge in [-0.25, -0.2) is 0 Å². The van der Waals surface area contributed by atoms with E-state index in [1.54, 1.807) is 0 Å². The van der Waals surface area contributed by atoms with Crippen molar-refractivity contribution in [3.63, 3.8) is 0 Å². The fourth-order valence-electron chi connectivity index (χ4n) is 2.12. The van der Waals surface area contributed by atoms with Gasteiger partial charge in [0.05, 0.1) is 22.3 Å². The summed E-state index contributed by atoms with van der Waals surface area (Å²) in [5, 5.41) is 15.7. The lowest BCUT2D eigenvalue weighted by molar-refractivity contribution is -0.136. The number of halogens is 1. The third-order valence-corrected chi connectivity index (χ3v) is 3.76. The monoisotopic (exact) mass is 272 g/mol. The maximum absolute atomic E-state index is 10.6. The highest BCUT2D eigenvalue weighted by atomic mass is 79.9. The fourth-order valence-corrected chi connectivity index (χ4v) is 2.76. The largest absolute Gasteiger partial charge is 0.481 e. The molecule has 2 rings (SSSR count). The van der Waals surface area contributed by atoms with E-state index in [0.717, 1.165) is 23.0 Å². The second-order valence-corrected chi connectivity index (χ2v) is 4.75. The number of rotatable bonds is 3. The molecule has 4 nitrogen and oxygen atoms in total. The Kier molecular flexibility index (Phi) is 3.09. The molecule has 0 saturated heterocycles. The van der Waals surface area contributed by atoms with Crippen LogP contribution in [0.3, 0.4) is 0 Å². The van der Waals surface area contributed by atoms with Gasteiger partial charge in [-0.1, -0.05) is 12.8 Å². The smallest absolute Gasteiger partial charge is 0.309 e. The van der Waals surface area contributed by atoms with Crippen LogP contribution in [0.1, 0.15) is 43.0 Å². The first-order valence-corrected chi connectivity index (χ1v) is 5.92. The minimum absolute atomic E-state index is 0.000301. The molecule has 0 aliphatic heterocycles. The number of nitrogens with one attached hydrogen (secondary N) is 1. The number of hydrogen-bond donors (Lipinski definition) is 2. The maximum atomic E-state index is 10.6. The molecule has 1 aliphatic rings. The van der Waals surface area contributed by atoms with Crippen LogP contribution in [0.5, 0.6) is 0 Å². The second kappa shape index (κ2) is 4.35. The van der Waals surface area contributed by atoms with E-state index in [4.69, 9.17) is 5.11 Å². The van der Waals surface area contributed by atoms with Crippen LogP contribution in [-0.4, -0.2) is 21.3 Å². The normalized spacial score (nSPS) is 17.1. The third kappa shape index (κ3) is 2.22. The molecule has 0 aromatic carbocycles. The highest BCUT2D eigenvalue weighted by Gasteiger charge is 2.24.